The Morgan fingerprint density at radius 2 is 2.03 bits per heavy atom. The first-order valence-electron chi connectivity index (χ1n) is 9.87. The highest BCUT2D eigenvalue weighted by Gasteiger charge is 2.45. The zero-order valence-corrected chi connectivity index (χ0v) is 16.0. The molecule has 9 nitrogen and oxygen atoms in total. The van der Waals surface area contributed by atoms with E-state index in [1.807, 2.05) is 0 Å². The molecule has 1 aromatic rings. The molecule has 1 aromatic carbocycles. The molecule has 0 bridgehead atoms. The summed E-state index contributed by atoms with van der Waals surface area (Å²) >= 11 is 0. The van der Waals surface area contributed by atoms with Gasteiger partial charge in [-0.3, -0.25) is 29.4 Å². The smallest absolute Gasteiger partial charge is 0.262 e. The standard InChI is InChI=1S/C20H24N4O5/c25-15-5-4-14(17(26)23-15)24-18(27)13-3-1-2-12(16(13)19(24)28)10-21-8-6-20(29)7-9-22-11-20/h1-3,14,21-22,29H,4-11H2,(H,23,25,26). The van der Waals surface area contributed by atoms with Crippen LogP contribution >= 0.6 is 0 Å². The van der Waals surface area contributed by atoms with Crippen LogP contribution in [-0.4, -0.2) is 64.9 Å². The van der Waals surface area contributed by atoms with E-state index in [1.54, 1.807) is 18.2 Å². The fourth-order valence-corrected chi connectivity index (χ4v) is 4.22. The minimum absolute atomic E-state index is 0.0932. The number of nitrogens with one attached hydrogen (secondary N) is 3. The summed E-state index contributed by atoms with van der Waals surface area (Å²) in [4.78, 5) is 50.3. The summed E-state index contributed by atoms with van der Waals surface area (Å²) in [6.45, 7) is 2.31. The number of carbonyl (C=O) groups is 4. The summed E-state index contributed by atoms with van der Waals surface area (Å²) in [5.41, 5.74) is 0.542. The van der Waals surface area contributed by atoms with E-state index in [-0.39, 0.29) is 18.4 Å². The van der Waals surface area contributed by atoms with E-state index < -0.39 is 35.3 Å². The van der Waals surface area contributed by atoms with E-state index in [4.69, 9.17) is 0 Å². The molecule has 0 spiro atoms. The molecule has 3 aliphatic rings. The number of nitrogens with zero attached hydrogens (tertiary/aromatic N) is 1. The van der Waals surface area contributed by atoms with Crippen molar-refractivity contribution in [1.82, 2.24) is 20.9 Å². The number of fused-ring (bicyclic) bond motifs is 1. The third kappa shape index (κ3) is 3.68. The average molecular weight is 400 g/mol. The average Bonchev–Trinajstić information content (AvgIpc) is 3.23. The van der Waals surface area contributed by atoms with Crippen molar-refractivity contribution in [2.45, 2.75) is 43.9 Å². The molecule has 0 radical (unpaired) electrons. The molecule has 9 heteroatoms. The van der Waals surface area contributed by atoms with Gasteiger partial charge in [-0.05, 0) is 44.0 Å². The third-order valence-electron chi connectivity index (χ3n) is 5.86. The Balaban J connectivity index is 1.46. The maximum atomic E-state index is 13.0. The molecule has 0 aromatic heterocycles. The van der Waals surface area contributed by atoms with Gasteiger partial charge < -0.3 is 15.7 Å². The van der Waals surface area contributed by atoms with Crippen LogP contribution in [0.1, 0.15) is 52.0 Å². The molecule has 0 aliphatic carbocycles. The van der Waals surface area contributed by atoms with Crippen LogP contribution in [-0.2, 0) is 16.1 Å². The Labute approximate surface area is 167 Å². The van der Waals surface area contributed by atoms with Crippen LogP contribution in [0.2, 0.25) is 0 Å². The largest absolute Gasteiger partial charge is 0.388 e. The number of piperidine rings is 1. The van der Waals surface area contributed by atoms with Crippen molar-refractivity contribution in [2.24, 2.45) is 0 Å². The van der Waals surface area contributed by atoms with Crippen molar-refractivity contribution in [3.05, 3.63) is 34.9 Å². The minimum atomic E-state index is -0.968. The number of aliphatic hydroxyl groups is 1. The molecule has 2 unspecified atom stereocenters. The Bertz CT molecular complexity index is 878. The molecule has 2 atom stereocenters. The van der Waals surface area contributed by atoms with Crippen LogP contribution in [0.25, 0.3) is 0 Å². The van der Waals surface area contributed by atoms with Crippen molar-refractivity contribution < 1.29 is 24.3 Å². The summed E-state index contributed by atoms with van der Waals surface area (Å²) in [6.07, 6.45) is 1.53. The molecule has 2 fully saturated rings. The van der Waals surface area contributed by atoms with Gasteiger partial charge in [0.1, 0.15) is 6.04 Å². The highest BCUT2D eigenvalue weighted by Crippen LogP contribution is 2.30. The van der Waals surface area contributed by atoms with Gasteiger partial charge in [-0.1, -0.05) is 12.1 Å². The quantitative estimate of drug-likeness (QED) is 0.367. The number of benzene rings is 1. The van der Waals surface area contributed by atoms with E-state index in [9.17, 15) is 24.3 Å². The zero-order chi connectivity index (χ0) is 20.6. The maximum Gasteiger partial charge on any atom is 0.262 e. The van der Waals surface area contributed by atoms with Crippen molar-refractivity contribution >= 4 is 23.6 Å². The lowest BCUT2D eigenvalue weighted by Gasteiger charge is -2.27. The first kappa shape index (κ1) is 19.7. The molecule has 0 saturated carbocycles. The highest BCUT2D eigenvalue weighted by molar-refractivity contribution is 6.24. The van der Waals surface area contributed by atoms with Gasteiger partial charge in [-0.2, -0.15) is 0 Å². The van der Waals surface area contributed by atoms with Gasteiger partial charge in [0.25, 0.3) is 11.8 Å². The SMILES string of the molecule is O=C1CCC(N2C(=O)c3cccc(CNCCC4(O)CCNC4)c3C2=O)C(=O)N1. The molecular formula is C20H24N4O5. The van der Waals surface area contributed by atoms with Crippen molar-refractivity contribution in [1.29, 1.82) is 0 Å². The summed E-state index contributed by atoms with van der Waals surface area (Å²) in [6, 6.07) is 4.10. The summed E-state index contributed by atoms with van der Waals surface area (Å²) in [7, 11) is 0. The molecule has 4 N–H and O–H groups in total. The molecule has 3 heterocycles. The second kappa shape index (κ2) is 7.66. The van der Waals surface area contributed by atoms with Crippen molar-refractivity contribution in [3.63, 3.8) is 0 Å². The molecule has 3 aliphatic heterocycles. The van der Waals surface area contributed by atoms with Crippen LogP contribution in [0.3, 0.4) is 0 Å². The topological polar surface area (TPSA) is 128 Å². The van der Waals surface area contributed by atoms with Gasteiger partial charge >= 0.3 is 0 Å². The van der Waals surface area contributed by atoms with Gasteiger partial charge in [-0.25, -0.2) is 0 Å². The van der Waals surface area contributed by atoms with Crippen molar-refractivity contribution in [2.75, 3.05) is 19.6 Å². The molecule has 154 valence electrons. The predicted octanol–water partition coefficient (Wildman–Crippen LogP) is -0.708. The fourth-order valence-electron chi connectivity index (χ4n) is 4.22. The van der Waals surface area contributed by atoms with Gasteiger partial charge in [0.15, 0.2) is 0 Å². The lowest BCUT2D eigenvalue weighted by molar-refractivity contribution is -0.136. The van der Waals surface area contributed by atoms with Crippen LogP contribution in [0, 0.1) is 0 Å². The number of rotatable bonds is 6. The summed E-state index contributed by atoms with van der Waals surface area (Å²) in [5, 5.41) is 18.9. The highest BCUT2D eigenvalue weighted by atomic mass is 16.3. The first-order valence-corrected chi connectivity index (χ1v) is 9.87. The van der Waals surface area contributed by atoms with Gasteiger partial charge in [0.05, 0.1) is 16.7 Å². The Hall–Kier alpha value is -2.62. The Kier molecular flexibility index (Phi) is 5.20. The van der Waals surface area contributed by atoms with Crippen LogP contribution < -0.4 is 16.0 Å². The lowest BCUT2D eigenvalue weighted by Crippen LogP contribution is -2.54. The van der Waals surface area contributed by atoms with Gasteiger partial charge in [0, 0.05) is 19.5 Å². The van der Waals surface area contributed by atoms with E-state index in [0.29, 0.717) is 43.6 Å². The second-order valence-electron chi connectivity index (χ2n) is 7.86. The Morgan fingerprint density at radius 1 is 1.21 bits per heavy atom. The summed E-state index contributed by atoms with van der Waals surface area (Å²) in [5.74, 6) is -2.02. The molecule has 4 rings (SSSR count). The van der Waals surface area contributed by atoms with E-state index in [1.165, 1.54) is 0 Å². The second-order valence-corrected chi connectivity index (χ2v) is 7.86. The number of hydrogen-bond acceptors (Lipinski definition) is 7. The summed E-state index contributed by atoms with van der Waals surface area (Å²) < 4.78 is 0. The maximum absolute atomic E-state index is 13.0. The van der Waals surface area contributed by atoms with Crippen molar-refractivity contribution in [3.8, 4) is 0 Å². The molecule has 29 heavy (non-hydrogen) atoms. The van der Waals surface area contributed by atoms with Gasteiger partial charge in [-0.15, -0.1) is 0 Å². The predicted molar refractivity (Wildman–Crippen MR) is 102 cm³/mol. The monoisotopic (exact) mass is 400 g/mol. The number of amides is 4. The van der Waals surface area contributed by atoms with Crippen LogP contribution in [0.5, 0.6) is 0 Å². The van der Waals surface area contributed by atoms with E-state index in [2.05, 4.69) is 16.0 Å². The third-order valence-corrected chi connectivity index (χ3v) is 5.86. The zero-order valence-electron chi connectivity index (χ0n) is 16.0. The van der Waals surface area contributed by atoms with E-state index >= 15 is 0 Å². The first-order chi connectivity index (χ1) is 13.9. The molecular weight excluding hydrogens is 376 g/mol. The number of β-amino-alcohol motifs (C(OH)–C–C–N with tert-alkyl or cyclic N) is 1. The normalized spacial score (nSPS) is 26.8. The van der Waals surface area contributed by atoms with Crippen LogP contribution in [0.15, 0.2) is 18.2 Å². The number of carbonyl (C=O) groups excluding carboxylic acids is 4. The minimum Gasteiger partial charge on any atom is -0.388 e. The van der Waals surface area contributed by atoms with E-state index in [0.717, 1.165) is 11.4 Å². The molecule has 2 saturated heterocycles. The number of imide groups is 2. The number of hydrogen-bond donors (Lipinski definition) is 4. The Morgan fingerprint density at radius 3 is 2.76 bits per heavy atom. The molecule has 4 amide bonds. The van der Waals surface area contributed by atoms with Crippen LogP contribution in [0.4, 0.5) is 0 Å². The fraction of sp³-hybridized carbons (Fsp3) is 0.500. The van der Waals surface area contributed by atoms with Gasteiger partial charge in [0.2, 0.25) is 11.8 Å². The lowest BCUT2D eigenvalue weighted by atomic mass is 9.99.